The summed E-state index contributed by atoms with van der Waals surface area (Å²) in [5.74, 6) is -0.464. The molecule has 0 radical (unpaired) electrons. The lowest BCUT2D eigenvalue weighted by atomic mass is 10.0. The second-order valence-corrected chi connectivity index (χ2v) is 17.9. The van der Waals surface area contributed by atoms with Crippen LogP contribution < -0.4 is 11.1 Å². The quantitative estimate of drug-likeness (QED) is 0.0231. The molecule has 0 fully saturated rings. The number of amides is 1. The van der Waals surface area contributed by atoms with Crippen molar-refractivity contribution in [3.05, 3.63) is 48.6 Å². The zero-order valence-electron chi connectivity index (χ0n) is 38.1. The highest BCUT2D eigenvalue weighted by Gasteiger charge is 2.27. The van der Waals surface area contributed by atoms with Crippen LogP contribution in [0.25, 0.3) is 0 Å². The molecule has 0 heterocycles. The molecule has 9 nitrogen and oxygen atoms in total. The van der Waals surface area contributed by atoms with Gasteiger partial charge in [-0.15, -0.1) is 0 Å². The summed E-state index contributed by atoms with van der Waals surface area (Å²) in [6.07, 6.45) is 52.0. The number of allylic oxidation sites excluding steroid dienone is 7. The molecular formula is C49H93N2O7P. The summed E-state index contributed by atoms with van der Waals surface area (Å²) < 4.78 is 22.1. The van der Waals surface area contributed by atoms with Crippen LogP contribution in [0.2, 0.25) is 0 Å². The topological polar surface area (TPSA) is 151 Å². The molecule has 0 saturated heterocycles. The average Bonchev–Trinajstić information content (AvgIpc) is 3.21. The van der Waals surface area contributed by atoms with Crippen LogP contribution >= 0.6 is 7.82 Å². The fourth-order valence-electron chi connectivity index (χ4n) is 6.97. The summed E-state index contributed by atoms with van der Waals surface area (Å²) in [7, 11) is -4.42. The summed E-state index contributed by atoms with van der Waals surface area (Å²) in [5, 5.41) is 24.1. The van der Waals surface area contributed by atoms with Gasteiger partial charge in [0.2, 0.25) is 5.91 Å². The van der Waals surface area contributed by atoms with Crippen LogP contribution in [-0.4, -0.2) is 59.0 Å². The molecule has 0 saturated carbocycles. The second kappa shape index (κ2) is 44.5. The van der Waals surface area contributed by atoms with Crippen molar-refractivity contribution in [1.82, 2.24) is 5.32 Å². The Morgan fingerprint density at radius 2 is 0.966 bits per heavy atom. The molecule has 0 aliphatic heterocycles. The highest BCUT2D eigenvalue weighted by Crippen LogP contribution is 2.43. The summed E-state index contributed by atoms with van der Waals surface area (Å²) in [4.78, 5) is 22.8. The van der Waals surface area contributed by atoms with Gasteiger partial charge in [0.1, 0.15) is 0 Å². The lowest BCUT2D eigenvalue weighted by molar-refractivity contribution is -0.124. The number of carbonyl (C=O) groups is 1. The molecule has 346 valence electrons. The number of hydrogen-bond acceptors (Lipinski definition) is 7. The number of aliphatic hydroxyl groups is 2. The number of hydrogen-bond donors (Lipinski definition) is 5. The Kier molecular flexibility index (Phi) is 43.3. The number of rotatable bonds is 45. The molecule has 0 aromatic rings. The number of aliphatic hydroxyl groups excluding tert-OH is 2. The fraction of sp³-hybridized carbons (Fsp3) is 0.816. The van der Waals surface area contributed by atoms with E-state index in [9.17, 15) is 24.5 Å². The number of carbonyl (C=O) groups excluding carboxylic acids is 1. The molecule has 0 bridgehead atoms. The van der Waals surface area contributed by atoms with Gasteiger partial charge in [0.25, 0.3) is 0 Å². The number of phosphoric acid groups is 1. The van der Waals surface area contributed by atoms with Gasteiger partial charge >= 0.3 is 7.82 Å². The first-order valence-corrected chi connectivity index (χ1v) is 25.8. The van der Waals surface area contributed by atoms with E-state index in [0.717, 1.165) is 57.8 Å². The Balaban J connectivity index is 4.31. The second-order valence-electron chi connectivity index (χ2n) is 16.5. The first-order chi connectivity index (χ1) is 28.8. The van der Waals surface area contributed by atoms with Gasteiger partial charge in [-0.3, -0.25) is 13.8 Å². The molecule has 0 aliphatic carbocycles. The van der Waals surface area contributed by atoms with E-state index in [1.165, 1.54) is 128 Å². The van der Waals surface area contributed by atoms with E-state index in [2.05, 4.69) is 55.6 Å². The predicted molar refractivity (Wildman–Crippen MR) is 250 cm³/mol. The number of phosphoric ester groups is 1. The van der Waals surface area contributed by atoms with E-state index in [1.54, 1.807) is 6.08 Å². The first kappa shape index (κ1) is 57.4. The van der Waals surface area contributed by atoms with Crippen LogP contribution in [0, 0.1) is 0 Å². The molecule has 0 aromatic heterocycles. The van der Waals surface area contributed by atoms with E-state index >= 15 is 0 Å². The molecule has 0 aliphatic rings. The Hall–Kier alpha value is -1.58. The van der Waals surface area contributed by atoms with E-state index < -0.39 is 38.6 Å². The van der Waals surface area contributed by atoms with E-state index in [4.69, 9.17) is 14.8 Å². The van der Waals surface area contributed by atoms with Gasteiger partial charge in [0, 0.05) is 6.54 Å². The summed E-state index contributed by atoms with van der Waals surface area (Å²) in [5.41, 5.74) is 5.37. The van der Waals surface area contributed by atoms with Crippen LogP contribution in [0.4, 0.5) is 0 Å². The molecular weight excluding hydrogens is 760 g/mol. The van der Waals surface area contributed by atoms with E-state index in [-0.39, 0.29) is 19.6 Å². The molecule has 6 N–H and O–H groups in total. The van der Waals surface area contributed by atoms with Crippen molar-refractivity contribution in [2.24, 2.45) is 5.73 Å². The summed E-state index contributed by atoms with van der Waals surface area (Å²) in [6.45, 7) is 3.94. The zero-order valence-corrected chi connectivity index (χ0v) is 39.0. The van der Waals surface area contributed by atoms with Crippen LogP contribution in [0.5, 0.6) is 0 Å². The van der Waals surface area contributed by atoms with Crippen molar-refractivity contribution < 1.29 is 33.5 Å². The molecule has 10 heteroatoms. The maximum atomic E-state index is 12.8. The standard InChI is InChI=1S/C49H93N2O7P/c1-3-5-7-9-11-13-15-17-19-21-22-23-25-26-28-30-32-34-36-38-40-46(52)44-49(54)51-47(45-58-59(55,56)57-43-42-50)48(53)41-39-37-35-33-31-29-27-24-20-18-16-14-12-10-8-6-4-2/h20,24-26,31,33,39,41,46-48,52-53H,3-19,21-23,27-30,32,34-38,40,42-45,50H2,1-2H3,(H,51,54)(H,55,56)/b24-20+,26-25-,33-31+,41-39+. The molecule has 0 rings (SSSR count). The predicted octanol–water partition coefficient (Wildman–Crippen LogP) is 13.0. The van der Waals surface area contributed by atoms with Crippen LogP contribution in [0.3, 0.4) is 0 Å². The van der Waals surface area contributed by atoms with Gasteiger partial charge < -0.3 is 26.2 Å². The third-order valence-electron chi connectivity index (χ3n) is 10.7. The summed E-state index contributed by atoms with van der Waals surface area (Å²) in [6, 6.07) is -1.01. The Morgan fingerprint density at radius 1 is 0.576 bits per heavy atom. The molecule has 4 unspecified atom stereocenters. The van der Waals surface area contributed by atoms with Crippen molar-refractivity contribution in [2.45, 2.75) is 238 Å². The maximum Gasteiger partial charge on any atom is 0.472 e. The maximum absolute atomic E-state index is 12.8. The fourth-order valence-corrected chi connectivity index (χ4v) is 7.73. The number of unbranched alkanes of at least 4 members (excludes halogenated alkanes) is 25. The molecule has 4 atom stereocenters. The third-order valence-corrected chi connectivity index (χ3v) is 11.6. The van der Waals surface area contributed by atoms with Crippen molar-refractivity contribution in [2.75, 3.05) is 19.8 Å². The van der Waals surface area contributed by atoms with Crippen molar-refractivity contribution in [3.63, 3.8) is 0 Å². The molecule has 1 amide bonds. The minimum Gasteiger partial charge on any atom is -0.393 e. The van der Waals surface area contributed by atoms with Crippen molar-refractivity contribution in [3.8, 4) is 0 Å². The highest BCUT2D eigenvalue weighted by molar-refractivity contribution is 7.47. The van der Waals surface area contributed by atoms with Crippen LogP contribution in [0.15, 0.2) is 48.6 Å². The molecule has 0 aromatic carbocycles. The van der Waals surface area contributed by atoms with Crippen molar-refractivity contribution >= 4 is 13.7 Å². The normalized spacial score (nSPS) is 14.9. The van der Waals surface area contributed by atoms with Crippen LogP contribution in [0.1, 0.15) is 219 Å². The summed E-state index contributed by atoms with van der Waals surface area (Å²) >= 11 is 0. The zero-order chi connectivity index (χ0) is 43.3. The van der Waals surface area contributed by atoms with Gasteiger partial charge in [-0.05, 0) is 70.6 Å². The Morgan fingerprint density at radius 3 is 1.41 bits per heavy atom. The average molecular weight is 853 g/mol. The minimum absolute atomic E-state index is 0.0403. The smallest absolute Gasteiger partial charge is 0.393 e. The molecule has 0 spiro atoms. The van der Waals surface area contributed by atoms with Gasteiger partial charge in [-0.25, -0.2) is 4.57 Å². The third kappa shape index (κ3) is 42.9. The van der Waals surface area contributed by atoms with Gasteiger partial charge in [-0.2, -0.15) is 0 Å². The van der Waals surface area contributed by atoms with Crippen LogP contribution in [-0.2, 0) is 18.4 Å². The van der Waals surface area contributed by atoms with E-state index in [1.807, 2.05) is 6.08 Å². The first-order valence-electron chi connectivity index (χ1n) is 24.3. The van der Waals surface area contributed by atoms with Gasteiger partial charge in [-0.1, -0.05) is 191 Å². The van der Waals surface area contributed by atoms with Crippen molar-refractivity contribution in [1.29, 1.82) is 0 Å². The SMILES string of the molecule is CCCCCCCCC/C=C/CC/C=C/CC/C=C/C(O)C(COP(=O)(O)OCCN)NC(=O)CC(O)CCCCCCC/C=C\CCCCCCCCCCCCC. The highest BCUT2D eigenvalue weighted by atomic mass is 31.2. The number of nitrogens with two attached hydrogens (primary N) is 1. The lowest BCUT2D eigenvalue weighted by Crippen LogP contribution is -2.46. The number of nitrogens with one attached hydrogen (secondary N) is 1. The largest absolute Gasteiger partial charge is 0.472 e. The Bertz CT molecular complexity index is 1080. The van der Waals surface area contributed by atoms with Gasteiger partial charge in [0.15, 0.2) is 0 Å². The minimum atomic E-state index is -4.42. The Labute approximate surface area is 363 Å². The van der Waals surface area contributed by atoms with E-state index in [0.29, 0.717) is 12.8 Å². The van der Waals surface area contributed by atoms with Gasteiger partial charge in [0.05, 0.1) is 37.9 Å². The monoisotopic (exact) mass is 853 g/mol. The lowest BCUT2D eigenvalue weighted by Gasteiger charge is -2.24. The molecule has 59 heavy (non-hydrogen) atoms.